The van der Waals surface area contributed by atoms with Gasteiger partial charge in [-0.15, -0.1) is 0 Å². The molecule has 8 rings (SSSR count). The molecule has 0 radical (unpaired) electrons. The molecule has 2 amide bonds. The van der Waals surface area contributed by atoms with E-state index in [1.165, 1.54) is 5.56 Å². The fraction of sp³-hybridized carbons (Fsp3) is 0.407. The molecule has 2 N–H and O–H groups in total. The summed E-state index contributed by atoms with van der Waals surface area (Å²) in [5, 5.41) is 15.4. The van der Waals surface area contributed by atoms with Crippen LogP contribution >= 0.6 is 0 Å². The van der Waals surface area contributed by atoms with E-state index in [9.17, 15) is 24.3 Å². The predicted molar refractivity (Wildman–Crippen MR) is 279 cm³/mol. The molecule has 3 aliphatic heterocycles. The van der Waals surface area contributed by atoms with Crippen molar-refractivity contribution in [2.24, 2.45) is 5.92 Å². The second-order valence-corrected chi connectivity index (χ2v) is 19.0. The zero-order valence-electron chi connectivity index (χ0n) is 41.0. The fourth-order valence-electron chi connectivity index (χ4n) is 10.1. The number of benzene rings is 2. The number of aromatic nitrogens is 2. The number of fused-ring (bicyclic) bond motifs is 5. The number of hydrogen-bond donors (Lipinski definition) is 2. The van der Waals surface area contributed by atoms with Crippen LogP contribution in [0.4, 0.5) is 5.69 Å². The highest BCUT2D eigenvalue weighted by atomic mass is 16.6. The number of nitrogens with zero attached hydrogens (tertiary/aromatic N) is 4. The second-order valence-electron chi connectivity index (χ2n) is 19.0. The van der Waals surface area contributed by atoms with E-state index in [1.807, 2.05) is 30.0 Å². The minimum Gasteiger partial charge on any atom is -0.458 e. The largest absolute Gasteiger partial charge is 0.458 e. The van der Waals surface area contributed by atoms with E-state index in [0.29, 0.717) is 61.4 Å². The standard InChI is InChI=1S/C59H69N5O6/c1-3-5-6-7-8-9-10-11-12-13-14-15-16-17-18-19-20-21-22-23-54(65)60-47-27-24-43(25-28-47)40-62-33-35-63(36-34-62)56(66)49-30-29-48(49)44-26-31-52-45(37-44)38-46-41-64-53(55(46)61-52)39-51-50(57(64)67)42-70-58(68)59(51,69)32-4-2/h5-6,8-9,11-12,14-15,17-18,20-21,24-28,31,37-39,48-49,69H,3-4,7,10,13,16,19,22-23,29-30,32-36,40-42H2,1-2H3,(H,60,65)/b6-5-,9-8-,12-11-,15-14-,18-17-,21-20-/t48?,49?,59-/m0/s1. The number of ether oxygens (including phenoxy) is 1. The summed E-state index contributed by atoms with van der Waals surface area (Å²) in [5.74, 6) is -0.399. The van der Waals surface area contributed by atoms with Crippen molar-refractivity contribution in [2.75, 3.05) is 31.5 Å². The maximum atomic E-state index is 13.9. The molecule has 0 spiro atoms. The molecule has 1 aliphatic carbocycles. The first-order chi connectivity index (χ1) is 34.2. The Morgan fingerprint density at radius 2 is 1.46 bits per heavy atom. The molecule has 4 aliphatic rings. The first kappa shape index (κ1) is 50.0. The maximum Gasteiger partial charge on any atom is 0.343 e. The Labute approximate surface area is 413 Å². The lowest BCUT2D eigenvalue weighted by molar-refractivity contribution is -0.172. The molecular formula is C59H69N5O6. The van der Waals surface area contributed by atoms with Gasteiger partial charge in [0.1, 0.15) is 6.61 Å². The van der Waals surface area contributed by atoms with E-state index in [-0.39, 0.29) is 42.2 Å². The van der Waals surface area contributed by atoms with Gasteiger partial charge in [-0.1, -0.05) is 111 Å². The smallest absolute Gasteiger partial charge is 0.343 e. The molecule has 1 saturated carbocycles. The molecule has 2 aromatic carbocycles. The highest BCUT2D eigenvalue weighted by molar-refractivity contribution is 5.91. The molecule has 11 heteroatoms. The summed E-state index contributed by atoms with van der Waals surface area (Å²) in [5.41, 5.74) is 4.59. The monoisotopic (exact) mass is 944 g/mol. The first-order valence-electron chi connectivity index (χ1n) is 25.6. The van der Waals surface area contributed by atoms with Gasteiger partial charge < -0.3 is 24.6 Å². The summed E-state index contributed by atoms with van der Waals surface area (Å²) in [6.45, 7) is 8.01. The number of carbonyl (C=O) groups is 3. The summed E-state index contributed by atoms with van der Waals surface area (Å²) in [7, 11) is 0. The van der Waals surface area contributed by atoms with E-state index in [0.717, 1.165) is 98.7 Å². The van der Waals surface area contributed by atoms with Gasteiger partial charge in [-0.25, -0.2) is 9.78 Å². The third kappa shape index (κ3) is 11.9. The molecule has 2 unspecified atom stereocenters. The third-order valence-electron chi connectivity index (χ3n) is 14.1. The van der Waals surface area contributed by atoms with Crippen LogP contribution in [-0.2, 0) is 44.4 Å². The van der Waals surface area contributed by atoms with Gasteiger partial charge in [0.25, 0.3) is 5.56 Å². The van der Waals surface area contributed by atoms with Gasteiger partial charge >= 0.3 is 5.97 Å². The first-order valence-corrected chi connectivity index (χ1v) is 25.6. The van der Waals surface area contributed by atoms with Crippen LogP contribution in [0, 0.1) is 5.92 Å². The van der Waals surface area contributed by atoms with E-state index in [1.54, 1.807) is 10.6 Å². The highest BCUT2D eigenvalue weighted by Crippen LogP contribution is 2.45. The molecule has 2 fully saturated rings. The van der Waals surface area contributed by atoms with Crippen LogP contribution < -0.4 is 10.9 Å². The number of aliphatic hydroxyl groups is 1. The van der Waals surface area contributed by atoms with Crippen molar-refractivity contribution in [3.63, 3.8) is 0 Å². The summed E-state index contributed by atoms with van der Waals surface area (Å²) in [4.78, 5) is 62.4. The zero-order valence-corrected chi connectivity index (χ0v) is 41.0. The number of esters is 1. The minimum absolute atomic E-state index is 0.00581. The molecule has 70 heavy (non-hydrogen) atoms. The Morgan fingerprint density at radius 1 is 0.800 bits per heavy atom. The van der Waals surface area contributed by atoms with Crippen LogP contribution in [0.25, 0.3) is 22.3 Å². The molecule has 0 bridgehead atoms. The summed E-state index contributed by atoms with van der Waals surface area (Å²) in [6, 6.07) is 18.2. The predicted octanol–water partition coefficient (Wildman–Crippen LogP) is 10.7. The average molecular weight is 944 g/mol. The van der Waals surface area contributed by atoms with Gasteiger partial charge in [-0.05, 0) is 118 Å². The lowest BCUT2D eigenvalue weighted by Crippen LogP contribution is -2.52. The van der Waals surface area contributed by atoms with Gasteiger partial charge in [0.15, 0.2) is 5.60 Å². The average Bonchev–Trinajstić information content (AvgIpc) is 3.71. The maximum absolute atomic E-state index is 13.9. The Hall–Kier alpha value is -6.43. The number of allylic oxidation sites excluding steroid dienone is 12. The molecule has 2 aromatic heterocycles. The van der Waals surface area contributed by atoms with Crippen molar-refractivity contribution in [1.29, 1.82) is 0 Å². The number of pyridine rings is 2. The molecule has 5 heterocycles. The number of hydrogen-bond acceptors (Lipinski definition) is 8. The molecular weight excluding hydrogens is 875 g/mol. The fourth-order valence-corrected chi connectivity index (χ4v) is 10.1. The Morgan fingerprint density at radius 3 is 2.09 bits per heavy atom. The quantitative estimate of drug-likeness (QED) is 0.0549. The van der Waals surface area contributed by atoms with Crippen molar-refractivity contribution in [2.45, 2.75) is 122 Å². The number of amides is 2. The van der Waals surface area contributed by atoms with Crippen LogP contribution in [0.15, 0.2) is 132 Å². The van der Waals surface area contributed by atoms with Gasteiger partial charge in [0, 0.05) is 67.3 Å². The number of piperazine rings is 1. The number of anilines is 1. The van der Waals surface area contributed by atoms with Gasteiger partial charge in [0.2, 0.25) is 11.8 Å². The van der Waals surface area contributed by atoms with Crippen molar-refractivity contribution in [1.82, 2.24) is 19.4 Å². The molecule has 366 valence electrons. The highest BCUT2D eigenvalue weighted by Gasteiger charge is 2.46. The second kappa shape index (κ2) is 23.9. The van der Waals surface area contributed by atoms with Gasteiger partial charge in [-0.3, -0.25) is 19.3 Å². The summed E-state index contributed by atoms with van der Waals surface area (Å²) >= 11 is 0. The lowest BCUT2D eigenvalue weighted by atomic mass is 9.69. The summed E-state index contributed by atoms with van der Waals surface area (Å²) < 4.78 is 6.94. The van der Waals surface area contributed by atoms with Crippen molar-refractivity contribution in [3.05, 3.63) is 166 Å². The number of carbonyl (C=O) groups excluding carboxylic acids is 3. The van der Waals surface area contributed by atoms with E-state index < -0.39 is 11.6 Å². The lowest BCUT2D eigenvalue weighted by Gasteiger charge is -2.42. The number of nitrogens with one attached hydrogen (secondary N) is 1. The topological polar surface area (TPSA) is 134 Å². The normalized spacial score (nSPS) is 20.3. The van der Waals surface area contributed by atoms with Crippen LogP contribution in [-0.4, -0.2) is 68.4 Å². The third-order valence-corrected chi connectivity index (χ3v) is 14.1. The van der Waals surface area contributed by atoms with Crippen LogP contribution in [0.5, 0.6) is 0 Å². The molecule has 3 atom stereocenters. The van der Waals surface area contributed by atoms with Gasteiger partial charge in [-0.2, -0.15) is 0 Å². The van der Waals surface area contributed by atoms with E-state index in [4.69, 9.17) is 9.72 Å². The van der Waals surface area contributed by atoms with E-state index in [2.05, 4.69) is 120 Å². The van der Waals surface area contributed by atoms with Crippen LogP contribution in [0.3, 0.4) is 0 Å². The van der Waals surface area contributed by atoms with Crippen molar-refractivity contribution in [3.8, 4) is 11.4 Å². The van der Waals surface area contributed by atoms with E-state index >= 15 is 0 Å². The zero-order chi connectivity index (χ0) is 48.9. The Bertz CT molecular complexity index is 2750. The molecule has 11 nitrogen and oxygen atoms in total. The van der Waals surface area contributed by atoms with Crippen molar-refractivity contribution >= 4 is 34.4 Å². The van der Waals surface area contributed by atoms with Crippen LogP contribution in [0.2, 0.25) is 0 Å². The summed E-state index contributed by atoms with van der Waals surface area (Å²) in [6.07, 6.45) is 35.7. The Balaban J connectivity index is 0.739. The molecule has 4 aromatic rings. The Kier molecular flexibility index (Phi) is 17.1. The number of cyclic esters (lactones) is 1. The number of rotatable bonds is 21. The molecule has 1 saturated heterocycles. The van der Waals surface area contributed by atoms with Crippen LogP contribution in [0.1, 0.15) is 125 Å². The minimum atomic E-state index is -1.86. The SMILES string of the molecule is CC/C=C\C/C=C\C/C=C\C/C=C\C/C=C\C/C=C\CCC(=O)Nc1ccc(CN2CCN(C(=O)C3CCC3c3ccc4nc5c(cc4c3)Cn3c-5cc4c(c3=O)COC(=O)[C@]4(O)CCC)CC2)cc1. The van der Waals surface area contributed by atoms with Gasteiger partial charge in [0.05, 0.1) is 29.0 Å². The van der Waals surface area contributed by atoms with Crippen molar-refractivity contribution < 1.29 is 24.2 Å².